The molecule has 1 fully saturated rings. The minimum Gasteiger partial charge on any atom is -0.379 e. The van der Waals surface area contributed by atoms with Gasteiger partial charge in [0.15, 0.2) is 5.37 Å². The number of thioether (sulfide) groups is 1. The lowest BCUT2D eigenvalue weighted by Crippen LogP contribution is -2.54. The third kappa shape index (κ3) is 10.3. The van der Waals surface area contributed by atoms with Gasteiger partial charge in [-0.3, -0.25) is 19.3 Å². The molecule has 0 bridgehead atoms. The molecule has 0 aliphatic carbocycles. The molecule has 1 aliphatic heterocycles. The predicted octanol–water partition coefficient (Wildman–Crippen LogP) is 1.71. The van der Waals surface area contributed by atoms with Crippen molar-refractivity contribution in [2.24, 2.45) is 5.73 Å². The molecular weight excluding hydrogens is 456 g/mol. The smallest absolute Gasteiger partial charge is 0.256 e. The van der Waals surface area contributed by atoms with Gasteiger partial charge < -0.3 is 25.0 Å². The van der Waals surface area contributed by atoms with Crippen LogP contribution in [0.4, 0.5) is 0 Å². The van der Waals surface area contributed by atoms with Crippen LogP contribution in [0.1, 0.15) is 46.5 Å². The zero-order valence-electron chi connectivity index (χ0n) is 21.6. The summed E-state index contributed by atoms with van der Waals surface area (Å²) in [5.74, 6) is -0.308. The Morgan fingerprint density at radius 2 is 1.88 bits per heavy atom. The molecule has 0 aromatic carbocycles. The molecule has 1 heterocycles. The third-order valence-corrected chi connectivity index (χ3v) is 7.20. The molecule has 196 valence electrons. The first-order chi connectivity index (χ1) is 16.0. The van der Waals surface area contributed by atoms with E-state index in [0.717, 1.165) is 39.3 Å². The standard InChI is InChI=1S/C24H44N4O5S/c1-7-10-20(29)27(6)23(34-17-9-11-28-12-15-32-16-13-28)22(31)26(5)19(21(25)30)18-24(3,4)33-14-8-2/h8,19,23H,2,7,9-18H2,1,3-6H3,(H2,25,30)/t19-,23+/m0/s1. The quantitative estimate of drug-likeness (QED) is 0.195. The third-order valence-electron chi connectivity index (χ3n) is 5.84. The van der Waals surface area contributed by atoms with Crippen LogP contribution in [0.25, 0.3) is 0 Å². The van der Waals surface area contributed by atoms with Crippen LogP contribution in [0.15, 0.2) is 12.7 Å². The fraction of sp³-hybridized carbons (Fsp3) is 0.792. The summed E-state index contributed by atoms with van der Waals surface area (Å²) in [6, 6.07) is -0.863. The lowest BCUT2D eigenvalue weighted by Gasteiger charge is -2.36. The molecule has 3 amide bonds. The molecule has 9 nitrogen and oxygen atoms in total. The van der Waals surface area contributed by atoms with Crippen molar-refractivity contribution in [3.8, 4) is 0 Å². The zero-order chi connectivity index (χ0) is 25.7. The van der Waals surface area contributed by atoms with Gasteiger partial charge in [0.1, 0.15) is 6.04 Å². The average Bonchev–Trinajstić information content (AvgIpc) is 2.80. The zero-order valence-corrected chi connectivity index (χ0v) is 22.4. The topological polar surface area (TPSA) is 105 Å². The van der Waals surface area contributed by atoms with Crippen LogP contribution < -0.4 is 5.73 Å². The van der Waals surface area contributed by atoms with Crippen LogP contribution >= 0.6 is 11.8 Å². The molecule has 0 aromatic heterocycles. The van der Waals surface area contributed by atoms with Crippen LogP contribution in [-0.2, 0) is 23.9 Å². The summed E-state index contributed by atoms with van der Waals surface area (Å²) in [5, 5.41) is -0.729. The number of likely N-dealkylation sites (N-methyl/N-ethyl adjacent to an activating group) is 2. The number of carbonyl (C=O) groups is 3. The van der Waals surface area contributed by atoms with Gasteiger partial charge in [-0.15, -0.1) is 18.3 Å². The number of nitrogens with zero attached hydrogens (tertiary/aromatic N) is 3. The Morgan fingerprint density at radius 1 is 1.24 bits per heavy atom. The Labute approximate surface area is 209 Å². The Kier molecular flexibility index (Phi) is 13.8. The molecule has 0 unspecified atom stereocenters. The van der Waals surface area contributed by atoms with E-state index in [1.54, 1.807) is 20.2 Å². The minimum absolute atomic E-state index is 0.0970. The summed E-state index contributed by atoms with van der Waals surface area (Å²) in [6.07, 6.45) is 3.81. The Hall–Kier alpha value is -1.62. The highest BCUT2D eigenvalue weighted by molar-refractivity contribution is 8.00. The number of rotatable bonds is 16. The van der Waals surface area contributed by atoms with Crippen LogP contribution in [0.3, 0.4) is 0 Å². The molecule has 34 heavy (non-hydrogen) atoms. The molecule has 2 N–H and O–H groups in total. The second-order valence-corrected chi connectivity index (χ2v) is 10.4. The minimum atomic E-state index is -0.863. The van der Waals surface area contributed by atoms with Gasteiger partial charge in [-0.1, -0.05) is 13.0 Å². The van der Waals surface area contributed by atoms with Gasteiger partial charge in [-0.25, -0.2) is 0 Å². The molecular formula is C24H44N4O5S. The number of ether oxygens (including phenoxy) is 2. The van der Waals surface area contributed by atoms with E-state index in [1.807, 2.05) is 20.8 Å². The van der Waals surface area contributed by atoms with E-state index in [9.17, 15) is 14.4 Å². The van der Waals surface area contributed by atoms with Crippen molar-refractivity contribution in [2.75, 3.05) is 59.3 Å². The van der Waals surface area contributed by atoms with E-state index >= 15 is 0 Å². The Balaban J connectivity index is 2.91. The number of nitrogens with two attached hydrogens (primary N) is 1. The monoisotopic (exact) mass is 500 g/mol. The van der Waals surface area contributed by atoms with Gasteiger partial charge in [-0.05, 0) is 39.0 Å². The van der Waals surface area contributed by atoms with Crippen molar-refractivity contribution < 1.29 is 23.9 Å². The fourth-order valence-corrected chi connectivity index (χ4v) is 4.91. The number of primary amides is 1. The van der Waals surface area contributed by atoms with Gasteiger partial charge >= 0.3 is 0 Å². The highest BCUT2D eigenvalue weighted by Crippen LogP contribution is 2.24. The number of amides is 3. The summed E-state index contributed by atoms with van der Waals surface area (Å²) in [7, 11) is 3.22. The van der Waals surface area contributed by atoms with Crippen molar-refractivity contribution in [1.82, 2.24) is 14.7 Å². The fourth-order valence-electron chi connectivity index (χ4n) is 3.74. The molecule has 0 saturated carbocycles. The maximum absolute atomic E-state index is 13.6. The Bertz CT molecular complexity index is 670. The van der Waals surface area contributed by atoms with Crippen LogP contribution in [0.5, 0.6) is 0 Å². The molecule has 0 aromatic rings. The largest absolute Gasteiger partial charge is 0.379 e. The Morgan fingerprint density at radius 3 is 2.44 bits per heavy atom. The summed E-state index contributed by atoms with van der Waals surface area (Å²) in [5.41, 5.74) is 5.00. The van der Waals surface area contributed by atoms with E-state index in [0.29, 0.717) is 25.2 Å². The lowest BCUT2D eigenvalue weighted by molar-refractivity contribution is -0.145. The first-order valence-corrected chi connectivity index (χ1v) is 13.1. The van der Waals surface area contributed by atoms with Crippen molar-refractivity contribution in [1.29, 1.82) is 0 Å². The maximum Gasteiger partial charge on any atom is 0.256 e. The van der Waals surface area contributed by atoms with E-state index < -0.39 is 22.9 Å². The van der Waals surface area contributed by atoms with Crippen LogP contribution in [-0.4, -0.2) is 109 Å². The van der Waals surface area contributed by atoms with Crippen molar-refractivity contribution in [3.05, 3.63) is 12.7 Å². The van der Waals surface area contributed by atoms with E-state index in [-0.39, 0.29) is 18.2 Å². The van der Waals surface area contributed by atoms with E-state index in [2.05, 4.69) is 11.5 Å². The molecule has 0 spiro atoms. The second kappa shape index (κ2) is 15.4. The summed E-state index contributed by atoms with van der Waals surface area (Å²) >= 11 is 1.43. The van der Waals surface area contributed by atoms with E-state index in [4.69, 9.17) is 15.2 Å². The van der Waals surface area contributed by atoms with Crippen LogP contribution in [0.2, 0.25) is 0 Å². The van der Waals surface area contributed by atoms with Crippen molar-refractivity contribution in [2.45, 2.75) is 63.5 Å². The SMILES string of the molecule is C=CCOC(C)(C)C[C@@H](C(N)=O)N(C)C(=O)[C@@H](SCCCN1CCOCC1)N(C)C(=O)CCC. The molecule has 2 atom stereocenters. The maximum atomic E-state index is 13.6. The number of hydrogen-bond donors (Lipinski definition) is 1. The van der Waals surface area contributed by atoms with Crippen molar-refractivity contribution in [3.63, 3.8) is 0 Å². The first kappa shape index (κ1) is 30.4. The molecule has 10 heteroatoms. The summed E-state index contributed by atoms with van der Waals surface area (Å²) in [6.45, 7) is 13.8. The molecule has 1 saturated heterocycles. The predicted molar refractivity (Wildman–Crippen MR) is 136 cm³/mol. The van der Waals surface area contributed by atoms with E-state index in [1.165, 1.54) is 21.6 Å². The molecule has 1 aliphatic rings. The summed E-state index contributed by atoms with van der Waals surface area (Å²) in [4.78, 5) is 43.7. The van der Waals surface area contributed by atoms with Crippen molar-refractivity contribution >= 4 is 29.5 Å². The lowest BCUT2D eigenvalue weighted by atomic mass is 9.97. The average molecular weight is 501 g/mol. The van der Waals surface area contributed by atoms with Gasteiger partial charge in [0, 0.05) is 40.0 Å². The first-order valence-electron chi connectivity index (χ1n) is 12.0. The highest BCUT2D eigenvalue weighted by Gasteiger charge is 2.37. The number of carbonyl (C=O) groups excluding carboxylic acids is 3. The number of morpholine rings is 1. The molecule has 0 radical (unpaired) electrons. The molecule has 1 rings (SSSR count). The van der Waals surface area contributed by atoms with Gasteiger partial charge in [0.2, 0.25) is 11.8 Å². The summed E-state index contributed by atoms with van der Waals surface area (Å²) < 4.78 is 11.1. The van der Waals surface area contributed by atoms with Gasteiger partial charge in [-0.2, -0.15) is 0 Å². The van der Waals surface area contributed by atoms with Crippen LogP contribution in [0, 0.1) is 0 Å². The highest BCUT2D eigenvalue weighted by atomic mass is 32.2. The van der Waals surface area contributed by atoms with Gasteiger partial charge in [0.25, 0.3) is 5.91 Å². The second-order valence-electron chi connectivity index (χ2n) is 9.22. The normalized spacial score (nSPS) is 16.5. The number of hydrogen-bond acceptors (Lipinski definition) is 7. The van der Waals surface area contributed by atoms with Gasteiger partial charge in [0.05, 0.1) is 25.4 Å².